The second-order valence-corrected chi connectivity index (χ2v) is 8.81. The standard InChI is InChI=1S/C22H24Cl2N4O2/c23-17-3-1-2-16(12-17)22(14-25)8-6-18(7-9-22)27-10-11-28(21(27)30)19-5-4-15(13-26-19)20(24)29/h1-5,12-13,18H,6-11,14,25H2. The molecule has 2 N–H and O–H groups in total. The van der Waals surface area contributed by atoms with Gasteiger partial charge in [0.05, 0.1) is 5.56 Å². The quantitative estimate of drug-likeness (QED) is 0.697. The van der Waals surface area contributed by atoms with Crippen LogP contribution in [0.4, 0.5) is 10.6 Å². The van der Waals surface area contributed by atoms with E-state index in [1.54, 1.807) is 17.0 Å². The van der Waals surface area contributed by atoms with Crippen LogP contribution in [0.1, 0.15) is 41.6 Å². The zero-order chi connectivity index (χ0) is 21.3. The summed E-state index contributed by atoms with van der Waals surface area (Å²) in [6.07, 6.45) is 5.04. The minimum atomic E-state index is -0.561. The lowest BCUT2D eigenvalue weighted by molar-refractivity contribution is 0.108. The third-order valence-electron chi connectivity index (χ3n) is 6.47. The predicted octanol–water partition coefficient (Wildman–Crippen LogP) is 4.20. The summed E-state index contributed by atoms with van der Waals surface area (Å²) in [5.41, 5.74) is 7.62. The molecule has 1 saturated heterocycles. The Balaban J connectivity index is 1.44. The Morgan fingerprint density at radius 3 is 2.57 bits per heavy atom. The van der Waals surface area contributed by atoms with Crippen LogP contribution in [0.15, 0.2) is 42.6 Å². The molecule has 2 fully saturated rings. The fraction of sp³-hybridized carbons (Fsp3) is 0.409. The molecule has 0 bridgehead atoms. The van der Waals surface area contributed by atoms with Crippen molar-refractivity contribution in [3.63, 3.8) is 0 Å². The van der Waals surface area contributed by atoms with Gasteiger partial charge in [-0.25, -0.2) is 9.78 Å². The van der Waals surface area contributed by atoms with E-state index in [1.165, 1.54) is 11.8 Å². The van der Waals surface area contributed by atoms with Crippen LogP contribution in [0, 0.1) is 0 Å². The molecule has 2 amide bonds. The first-order valence-corrected chi connectivity index (χ1v) is 10.9. The normalized spacial score (nSPS) is 24.4. The molecule has 1 aromatic carbocycles. The summed E-state index contributed by atoms with van der Waals surface area (Å²) >= 11 is 11.7. The van der Waals surface area contributed by atoms with Crippen molar-refractivity contribution in [3.05, 3.63) is 58.7 Å². The SMILES string of the molecule is NCC1(c2cccc(Cl)c2)CCC(N2CCN(c3ccc(C(=O)Cl)cn3)C2=O)CC1. The molecule has 1 aliphatic heterocycles. The maximum atomic E-state index is 13.0. The molecule has 1 aliphatic carbocycles. The first kappa shape index (κ1) is 21.1. The molecule has 0 atom stereocenters. The number of benzene rings is 1. The zero-order valence-electron chi connectivity index (χ0n) is 16.6. The van der Waals surface area contributed by atoms with Crippen molar-refractivity contribution in [1.29, 1.82) is 0 Å². The lowest BCUT2D eigenvalue weighted by Gasteiger charge is -2.42. The van der Waals surface area contributed by atoms with E-state index in [-0.39, 0.29) is 17.5 Å². The second-order valence-electron chi connectivity index (χ2n) is 8.03. The van der Waals surface area contributed by atoms with Crippen molar-refractivity contribution in [2.24, 2.45) is 5.73 Å². The van der Waals surface area contributed by atoms with Crippen molar-refractivity contribution in [3.8, 4) is 0 Å². The molecule has 2 aliphatic rings. The van der Waals surface area contributed by atoms with Crippen molar-refractivity contribution in [1.82, 2.24) is 9.88 Å². The Morgan fingerprint density at radius 1 is 1.20 bits per heavy atom. The van der Waals surface area contributed by atoms with Gasteiger partial charge in [0, 0.05) is 42.3 Å². The predicted molar refractivity (Wildman–Crippen MR) is 118 cm³/mol. The number of hydrogen-bond donors (Lipinski definition) is 1. The van der Waals surface area contributed by atoms with Gasteiger partial charge in [0.1, 0.15) is 5.82 Å². The Kier molecular flexibility index (Phi) is 6.00. The fourth-order valence-electron chi connectivity index (χ4n) is 4.66. The number of nitrogens with zero attached hydrogens (tertiary/aromatic N) is 3. The monoisotopic (exact) mass is 446 g/mol. The van der Waals surface area contributed by atoms with E-state index in [9.17, 15) is 9.59 Å². The van der Waals surface area contributed by atoms with Crippen LogP contribution in [0.25, 0.3) is 0 Å². The molecule has 0 radical (unpaired) electrons. The molecule has 6 nitrogen and oxygen atoms in total. The van der Waals surface area contributed by atoms with Crippen molar-refractivity contribution < 1.29 is 9.59 Å². The number of urea groups is 1. The fourth-order valence-corrected chi connectivity index (χ4v) is 4.97. The minimum Gasteiger partial charge on any atom is -0.330 e. The largest absolute Gasteiger partial charge is 0.330 e. The highest BCUT2D eigenvalue weighted by molar-refractivity contribution is 6.67. The molecule has 0 spiro atoms. The average Bonchev–Trinajstić information content (AvgIpc) is 3.15. The molecule has 1 aromatic heterocycles. The van der Waals surface area contributed by atoms with E-state index in [1.807, 2.05) is 23.1 Å². The Hall–Kier alpha value is -2.15. The van der Waals surface area contributed by atoms with E-state index < -0.39 is 5.24 Å². The van der Waals surface area contributed by atoms with Crippen LogP contribution in [0.3, 0.4) is 0 Å². The molecule has 0 unspecified atom stereocenters. The number of carbonyl (C=O) groups is 2. The van der Waals surface area contributed by atoms with Crippen molar-refractivity contribution in [2.75, 3.05) is 24.5 Å². The van der Waals surface area contributed by atoms with Gasteiger partial charge in [-0.3, -0.25) is 9.69 Å². The summed E-state index contributed by atoms with van der Waals surface area (Å²) < 4.78 is 0. The lowest BCUT2D eigenvalue weighted by atomic mass is 9.68. The van der Waals surface area contributed by atoms with Crippen molar-refractivity contribution in [2.45, 2.75) is 37.1 Å². The number of hydrogen-bond acceptors (Lipinski definition) is 4. The topological polar surface area (TPSA) is 79.5 Å². The van der Waals surface area contributed by atoms with Gasteiger partial charge in [-0.05, 0) is 67.1 Å². The van der Waals surface area contributed by atoms with E-state index in [2.05, 4.69) is 11.1 Å². The molecular weight excluding hydrogens is 423 g/mol. The molecule has 2 heterocycles. The summed E-state index contributed by atoms with van der Waals surface area (Å²) in [7, 11) is 0. The van der Waals surface area contributed by atoms with Crippen LogP contribution in [-0.4, -0.2) is 46.8 Å². The number of anilines is 1. The summed E-state index contributed by atoms with van der Waals surface area (Å²) in [4.78, 5) is 32.1. The summed E-state index contributed by atoms with van der Waals surface area (Å²) in [5, 5.41) is 0.163. The van der Waals surface area contributed by atoms with Gasteiger partial charge in [0.25, 0.3) is 5.24 Å². The Morgan fingerprint density at radius 2 is 1.97 bits per heavy atom. The van der Waals surface area contributed by atoms with Gasteiger partial charge in [0.2, 0.25) is 0 Å². The smallest absolute Gasteiger partial charge is 0.326 e. The molecule has 158 valence electrons. The Bertz CT molecular complexity index is 942. The number of pyridine rings is 1. The number of carbonyl (C=O) groups excluding carboxylic acids is 2. The number of amides is 2. The van der Waals surface area contributed by atoms with Crippen LogP contribution in [0.2, 0.25) is 5.02 Å². The van der Waals surface area contributed by atoms with E-state index in [0.29, 0.717) is 31.0 Å². The number of nitrogens with two attached hydrogens (primary N) is 1. The molecule has 4 rings (SSSR count). The van der Waals surface area contributed by atoms with E-state index in [4.69, 9.17) is 28.9 Å². The molecule has 2 aromatic rings. The average molecular weight is 447 g/mol. The van der Waals surface area contributed by atoms with Crippen LogP contribution < -0.4 is 10.6 Å². The summed E-state index contributed by atoms with van der Waals surface area (Å²) in [6, 6.07) is 11.4. The maximum Gasteiger partial charge on any atom is 0.326 e. The van der Waals surface area contributed by atoms with Gasteiger partial charge in [-0.2, -0.15) is 0 Å². The maximum absolute atomic E-state index is 13.0. The highest BCUT2D eigenvalue weighted by Crippen LogP contribution is 2.41. The van der Waals surface area contributed by atoms with Gasteiger partial charge in [0.15, 0.2) is 0 Å². The number of rotatable bonds is 5. The number of halogens is 2. The summed E-state index contributed by atoms with van der Waals surface area (Å²) in [5.74, 6) is 0.537. The van der Waals surface area contributed by atoms with Crippen LogP contribution in [-0.2, 0) is 5.41 Å². The van der Waals surface area contributed by atoms with Crippen LogP contribution >= 0.6 is 23.2 Å². The zero-order valence-corrected chi connectivity index (χ0v) is 18.1. The molecule has 1 saturated carbocycles. The van der Waals surface area contributed by atoms with Crippen LogP contribution in [0.5, 0.6) is 0 Å². The lowest BCUT2D eigenvalue weighted by Crippen LogP contribution is -2.47. The third kappa shape index (κ3) is 3.92. The Labute approximate surface area is 185 Å². The molecule has 8 heteroatoms. The van der Waals surface area contributed by atoms with Gasteiger partial charge >= 0.3 is 6.03 Å². The van der Waals surface area contributed by atoms with Gasteiger partial charge in [-0.15, -0.1) is 0 Å². The first-order valence-electron chi connectivity index (χ1n) is 10.1. The highest BCUT2D eigenvalue weighted by Gasteiger charge is 2.41. The van der Waals surface area contributed by atoms with E-state index >= 15 is 0 Å². The highest BCUT2D eigenvalue weighted by atomic mass is 35.5. The van der Waals surface area contributed by atoms with Gasteiger partial charge < -0.3 is 10.6 Å². The summed E-state index contributed by atoms with van der Waals surface area (Å²) in [6.45, 7) is 1.80. The minimum absolute atomic E-state index is 0.0412. The van der Waals surface area contributed by atoms with Gasteiger partial charge in [-0.1, -0.05) is 23.7 Å². The van der Waals surface area contributed by atoms with E-state index in [0.717, 1.165) is 30.7 Å². The van der Waals surface area contributed by atoms with Crippen molar-refractivity contribution >= 4 is 40.3 Å². The molecular formula is C22H24Cl2N4O2. The number of aromatic nitrogens is 1. The third-order valence-corrected chi connectivity index (χ3v) is 6.93. The first-order chi connectivity index (χ1) is 14.4. The second kappa shape index (κ2) is 8.53. The molecule has 30 heavy (non-hydrogen) atoms.